The molecule has 2 fully saturated rings. The van der Waals surface area contributed by atoms with Gasteiger partial charge in [0.1, 0.15) is 18.4 Å². The molecule has 2 aromatic heterocycles. The lowest BCUT2D eigenvalue weighted by Crippen LogP contribution is -2.52. The van der Waals surface area contributed by atoms with Crippen LogP contribution in [0.15, 0.2) is 53.6 Å². The zero-order valence-corrected chi connectivity index (χ0v) is 27.5. The van der Waals surface area contributed by atoms with Gasteiger partial charge in [-0.2, -0.15) is 8.78 Å². The number of aromatic nitrogens is 4. The molecular formula is C32H37ClF2N8O5. The van der Waals surface area contributed by atoms with Crippen LogP contribution in [0.4, 0.5) is 19.5 Å². The van der Waals surface area contributed by atoms with Gasteiger partial charge in [0.2, 0.25) is 5.95 Å². The number of nitrogens with two attached hydrogens (primary N) is 1. The summed E-state index contributed by atoms with van der Waals surface area (Å²) in [7, 11) is 1.60. The third-order valence-electron chi connectivity index (χ3n) is 8.68. The molecule has 0 radical (unpaired) electrons. The van der Waals surface area contributed by atoms with Crippen LogP contribution in [-0.2, 0) is 29.7 Å². The van der Waals surface area contributed by atoms with E-state index in [0.717, 1.165) is 11.1 Å². The monoisotopic (exact) mass is 686 g/mol. The van der Waals surface area contributed by atoms with E-state index in [4.69, 9.17) is 15.2 Å². The number of carbonyl (C=O) groups excluding carboxylic acids is 2. The van der Waals surface area contributed by atoms with Gasteiger partial charge in [0.05, 0.1) is 23.5 Å². The van der Waals surface area contributed by atoms with Crippen molar-refractivity contribution in [1.29, 1.82) is 0 Å². The number of rotatable bonds is 10. The summed E-state index contributed by atoms with van der Waals surface area (Å²) in [5.41, 5.74) is 8.57. The highest BCUT2D eigenvalue weighted by molar-refractivity contribution is 5.85. The Bertz CT molecular complexity index is 1870. The van der Waals surface area contributed by atoms with Crippen LogP contribution in [0, 0.1) is 5.92 Å². The lowest BCUT2D eigenvalue weighted by molar-refractivity contribution is -0.147. The van der Waals surface area contributed by atoms with Gasteiger partial charge in [0.15, 0.2) is 0 Å². The third kappa shape index (κ3) is 6.92. The van der Waals surface area contributed by atoms with E-state index in [1.165, 1.54) is 16.8 Å². The highest BCUT2D eigenvalue weighted by atomic mass is 35.5. The van der Waals surface area contributed by atoms with Crippen molar-refractivity contribution in [2.75, 3.05) is 31.1 Å². The number of benzene rings is 2. The summed E-state index contributed by atoms with van der Waals surface area (Å²) in [6, 6.07) is 9.12. The molecule has 4 aromatic rings. The number of carbonyl (C=O) groups is 2. The number of amides is 2. The molecule has 16 heteroatoms. The number of nitrogens with zero attached hydrogens (tertiary/aromatic N) is 6. The number of urea groups is 1. The Hall–Kier alpha value is -4.76. The summed E-state index contributed by atoms with van der Waals surface area (Å²) in [4.78, 5) is 50.5. The fourth-order valence-electron chi connectivity index (χ4n) is 5.90. The molecule has 6 rings (SSSR count). The lowest BCUT2D eigenvalue weighted by Gasteiger charge is -2.36. The SMILES string of the molecule is CC(C)C(N)C(=O)OCc1ccc(OC(F)F)c(Cn2c3cc(-c4cnc(N5CCN6C(=O)NCC6C5)nc4)ccc3c(=O)n2C)c1.Cl. The van der Waals surface area contributed by atoms with Crippen LogP contribution >= 0.6 is 12.4 Å². The zero-order valence-electron chi connectivity index (χ0n) is 26.6. The van der Waals surface area contributed by atoms with Gasteiger partial charge in [0.25, 0.3) is 5.56 Å². The number of alkyl halides is 2. The molecule has 2 amide bonds. The highest BCUT2D eigenvalue weighted by Crippen LogP contribution is 2.28. The standard InChI is InChI=1S/C32H36F2N8O5.ClH/c1-18(2)27(35)29(44)46-17-19-4-7-26(47-30(33)34)21(10-19)15-42-25-11-20(5-6-24(25)28(43)39(42)3)22-12-36-31(37-13-22)40-8-9-41-23(16-40)14-38-32(41)45;/h4-7,10-13,18,23,27,30H,8-9,14-17,35H2,1-3H3,(H,38,45);1H. The van der Waals surface area contributed by atoms with Gasteiger partial charge >= 0.3 is 18.6 Å². The number of nitrogens with one attached hydrogen (secondary N) is 1. The largest absolute Gasteiger partial charge is 0.460 e. The molecule has 0 bridgehead atoms. The van der Waals surface area contributed by atoms with Crippen LogP contribution in [0.25, 0.3) is 22.0 Å². The van der Waals surface area contributed by atoms with Gasteiger partial charge in [-0.15, -0.1) is 12.4 Å². The number of hydrogen-bond acceptors (Lipinski definition) is 9. The van der Waals surface area contributed by atoms with Crippen molar-refractivity contribution in [3.63, 3.8) is 0 Å². The molecule has 2 aromatic carbocycles. The van der Waals surface area contributed by atoms with Crippen molar-refractivity contribution in [1.82, 2.24) is 29.5 Å². The summed E-state index contributed by atoms with van der Waals surface area (Å²) >= 11 is 0. The predicted molar refractivity (Wildman–Crippen MR) is 176 cm³/mol. The minimum absolute atomic E-state index is 0. The Labute approximate surface area is 281 Å². The van der Waals surface area contributed by atoms with Crippen molar-refractivity contribution in [3.05, 3.63) is 70.3 Å². The van der Waals surface area contributed by atoms with Crippen molar-refractivity contribution in [3.8, 4) is 16.9 Å². The first-order chi connectivity index (χ1) is 22.5. The van der Waals surface area contributed by atoms with Crippen LogP contribution in [0.2, 0.25) is 0 Å². The molecule has 0 aliphatic carbocycles. The second-order valence-corrected chi connectivity index (χ2v) is 12.1. The van der Waals surface area contributed by atoms with Crippen molar-refractivity contribution < 1.29 is 27.8 Å². The molecule has 0 spiro atoms. The minimum atomic E-state index is -3.07. The van der Waals surface area contributed by atoms with E-state index < -0.39 is 18.6 Å². The first-order valence-corrected chi connectivity index (χ1v) is 15.3. The Kier molecular flexibility index (Phi) is 10.2. The van der Waals surface area contributed by atoms with E-state index in [1.54, 1.807) is 50.1 Å². The molecule has 2 saturated heterocycles. The molecule has 2 aliphatic rings. The van der Waals surface area contributed by atoms with E-state index in [9.17, 15) is 23.2 Å². The average Bonchev–Trinajstić information content (AvgIpc) is 3.55. The van der Waals surface area contributed by atoms with Crippen LogP contribution in [-0.4, -0.2) is 81.1 Å². The molecule has 4 heterocycles. The van der Waals surface area contributed by atoms with Gasteiger partial charge in [-0.05, 0) is 41.3 Å². The topological polar surface area (TPSA) is 150 Å². The van der Waals surface area contributed by atoms with Crippen LogP contribution in [0.1, 0.15) is 25.0 Å². The normalized spacial score (nSPS) is 16.6. The second kappa shape index (κ2) is 14.2. The number of fused-ring (bicyclic) bond motifs is 2. The number of hydrogen-bond donors (Lipinski definition) is 2. The molecular weight excluding hydrogens is 650 g/mol. The number of piperazine rings is 1. The maximum atomic E-state index is 13.4. The molecule has 2 aliphatic heterocycles. The Morgan fingerprint density at radius 3 is 2.54 bits per heavy atom. The van der Waals surface area contributed by atoms with Crippen LogP contribution in [0.3, 0.4) is 0 Å². The number of esters is 1. The van der Waals surface area contributed by atoms with E-state index in [1.807, 2.05) is 17.0 Å². The maximum absolute atomic E-state index is 13.4. The smallest absolute Gasteiger partial charge is 0.387 e. The zero-order chi connectivity index (χ0) is 33.4. The highest BCUT2D eigenvalue weighted by Gasteiger charge is 2.36. The van der Waals surface area contributed by atoms with E-state index in [0.29, 0.717) is 54.2 Å². The molecule has 256 valence electrons. The van der Waals surface area contributed by atoms with Crippen molar-refractivity contribution in [2.24, 2.45) is 18.7 Å². The van der Waals surface area contributed by atoms with Crippen LogP contribution < -0.4 is 26.2 Å². The Morgan fingerprint density at radius 2 is 1.83 bits per heavy atom. The van der Waals surface area contributed by atoms with Gasteiger partial charge in [-0.3, -0.25) is 19.0 Å². The fraction of sp³-hybridized carbons (Fsp3) is 0.406. The molecule has 0 saturated carbocycles. The summed E-state index contributed by atoms with van der Waals surface area (Å²) < 4.78 is 40.0. The first kappa shape index (κ1) is 34.6. The predicted octanol–water partition coefficient (Wildman–Crippen LogP) is 3.11. The third-order valence-corrected chi connectivity index (χ3v) is 8.68. The van der Waals surface area contributed by atoms with Gasteiger partial charge < -0.3 is 30.3 Å². The maximum Gasteiger partial charge on any atom is 0.387 e. The van der Waals surface area contributed by atoms with Gasteiger partial charge in [0, 0.05) is 56.7 Å². The molecule has 13 nitrogen and oxygen atoms in total. The molecule has 2 atom stereocenters. The summed E-state index contributed by atoms with van der Waals surface area (Å²) in [5, 5.41) is 3.31. The second-order valence-electron chi connectivity index (χ2n) is 12.1. The average molecular weight is 687 g/mol. The van der Waals surface area contributed by atoms with E-state index in [2.05, 4.69) is 20.2 Å². The summed E-state index contributed by atoms with van der Waals surface area (Å²) in [6.07, 6.45) is 3.42. The first-order valence-electron chi connectivity index (χ1n) is 15.3. The van der Waals surface area contributed by atoms with Crippen molar-refractivity contribution in [2.45, 2.75) is 45.7 Å². The van der Waals surface area contributed by atoms with Gasteiger partial charge in [-0.25, -0.2) is 14.8 Å². The number of halogens is 3. The Balaban J connectivity index is 0.00000451. The van der Waals surface area contributed by atoms with E-state index in [-0.39, 0.29) is 54.9 Å². The van der Waals surface area contributed by atoms with Gasteiger partial charge in [-0.1, -0.05) is 26.0 Å². The number of ether oxygens (including phenoxy) is 2. The van der Waals surface area contributed by atoms with Crippen molar-refractivity contribution >= 4 is 41.3 Å². The quantitative estimate of drug-likeness (QED) is 0.240. The summed E-state index contributed by atoms with van der Waals surface area (Å²) in [5.74, 6) is -0.185. The Morgan fingerprint density at radius 1 is 1.08 bits per heavy atom. The van der Waals surface area contributed by atoms with E-state index >= 15 is 0 Å². The fourth-order valence-corrected chi connectivity index (χ4v) is 5.90. The lowest BCUT2D eigenvalue weighted by atomic mass is 10.1. The number of anilines is 1. The van der Waals surface area contributed by atoms with Crippen LogP contribution in [0.5, 0.6) is 5.75 Å². The molecule has 2 unspecified atom stereocenters. The minimum Gasteiger partial charge on any atom is -0.460 e. The summed E-state index contributed by atoms with van der Waals surface area (Å²) in [6.45, 7) is 2.88. The molecule has 3 N–H and O–H groups in total. The molecule has 48 heavy (non-hydrogen) atoms.